The Hall–Kier alpha value is -2.41. The van der Waals surface area contributed by atoms with Gasteiger partial charge < -0.3 is 10.1 Å². The number of amides is 1. The molecule has 1 aromatic carbocycles. The summed E-state index contributed by atoms with van der Waals surface area (Å²) in [6.07, 6.45) is 0. The lowest BCUT2D eigenvalue weighted by Gasteiger charge is -2.12. The van der Waals surface area contributed by atoms with Crippen LogP contribution in [-0.2, 0) is 14.3 Å². The number of nitrogens with one attached hydrogen (secondary N) is 1. The van der Waals surface area contributed by atoms with Gasteiger partial charge in [0, 0.05) is 4.92 Å². The van der Waals surface area contributed by atoms with Crippen molar-refractivity contribution in [2.45, 2.75) is 5.69 Å². The molecule has 0 heterocycles. The van der Waals surface area contributed by atoms with Crippen LogP contribution in [0.1, 0.15) is 5.56 Å². The van der Waals surface area contributed by atoms with Crippen molar-refractivity contribution in [3.05, 3.63) is 52.6 Å². The molecule has 0 aliphatic rings. The highest BCUT2D eigenvalue weighted by atomic mass is 35.5. The average Bonchev–Trinajstić information content (AvgIpc) is 2.37. The van der Waals surface area contributed by atoms with Gasteiger partial charge in [-0.1, -0.05) is 48.5 Å². The summed E-state index contributed by atoms with van der Waals surface area (Å²) in [5.74, 6) is -1.80. The zero-order chi connectivity index (χ0) is 15.1. The molecule has 0 radical (unpaired) electrons. The Balaban J connectivity index is 2.52. The third-order valence-electron chi connectivity index (χ3n) is 2.13. The van der Waals surface area contributed by atoms with Crippen LogP contribution in [0.3, 0.4) is 0 Å². The largest absolute Gasteiger partial charge is 0.424 e. The van der Waals surface area contributed by atoms with Crippen molar-refractivity contribution >= 4 is 29.1 Å². The van der Waals surface area contributed by atoms with Gasteiger partial charge >= 0.3 is 5.97 Å². The predicted octanol–water partition coefficient (Wildman–Crippen LogP) is 1.16. The van der Waals surface area contributed by atoms with E-state index in [-0.39, 0.29) is 5.57 Å². The monoisotopic (exact) mass is 298 g/mol. The standard InChI is InChI=1S/C12H11ClN2O5/c1-8(9-5-3-2-4-6-9)11(17)20-12(13)14-10(16)7-15(18)19/h2-6,12H,1,7H2,(H,14,16). The quantitative estimate of drug-likeness (QED) is 0.162. The van der Waals surface area contributed by atoms with Gasteiger partial charge in [-0.3, -0.25) is 14.9 Å². The SMILES string of the molecule is C=C(C(=O)OC(Cl)NC(=O)C[N+](=O)[O-])c1ccccc1. The van der Waals surface area contributed by atoms with Gasteiger partial charge in [-0.2, -0.15) is 0 Å². The number of carbonyl (C=O) groups excluding carboxylic acids is 2. The van der Waals surface area contributed by atoms with E-state index in [9.17, 15) is 19.7 Å². The van der Waals surface area contributed by atoms with Crippen molar-refractivity contribution in [2.24, 2.45) is 0 Å². The normalized spacial score (nSPS) is 11.2. The molecule has 1 amide bonds. The molecule has 20 heavy (non-hydrogen) atoms. The number of carbonyl (C=O) groups is 2. The third-order valence-corrected chi connectivity index (χ3v) is 2.32. The fraction of sp³-hybridized carbons (Fsp3) is 0.167. The van der Waals surface area contributed by atoms with Gasteiger partial charge in [0.25, 0.3) is 18.1 Å². The highest BCUT2D eigenvalue weighted by Crippen LogP contribution is 2.14. The van der Waals surface area contributed by atoms with E-state index in [0.29, 0.717) is 5.56 Å². The Morgan fingerprint density at radius 2 is 2.00 bits per heavy atom. The summed E-state index contributed by atoms with van der Waals surface area (Å²) in [5.41, 5.74) is -0.909. The van der Waals surface area contributed by atoms with E-state index in [2.05, 4.69) is 6.58 Å². The van der Waals surface area contributed by atoms with Crippen molar-refractivity contribution in [3.63, 3.8) is 0 Å². The first-order chi connectivity index (χ1) is 9.40. The maximum atomic E-state index is 11.7. The minimum Gasteiger partial charge on any atom is -0.424 e. The van der Waals surface area contributed by atoms with Gasteiger partial charge in [0.05, 0.1) is 5.57 Å². The average molecular weight is 299 g/mol. The van der Waals surface area contributed by atoms with E-state index in [1.165, 1.54) is 0 Å². The van der Waals surface area contributed by atoms with E-state index < -0.39 is 29.0 Å². The van der Waals surface area contributed by atoms with Crippen molar-refractivity contribution in [1.82, 2.24) is 5.32 Å². The molecular formula is C12H11ClN2O5. The molecule has 1 rings (SSSR count). The Bertz CT molecular complexity index is 532. The molecule has 1 atom stereocenters. The fourth-order valence-corrected chi connectivity index (χ4v) is 1.44. The zero-order valence-corrected chi connectivity index (χ0v) is 11.0. The van der Waals surface area contributed by atoms with Crippen LogP contribution in [0.15, 0.2) is 36.9 Å². The van der Waals surface area contributed by atoms with Crippen LogP contribution in [0.5, 0.6) is 0 Å². The van der Waals surface area contributed by atoms with E-state index in [4.69, 9.17) is 16.3 Å². The molecule has 0 aromatic heterocycles. The number of benzene rings is 1. The highest BCUT2D eigenvalue weighted by Gasteiger charge is 2.19. The summed E-state index contributed by atoms with van der Waals surface area (Å²) in [7, 11) is 0. The van der Waals surface area contributed by atoms with Crippen molar-refractivity contribution in [2.75, 3.05) is 6.54 Å². The van der Waals surface area contributed by atoms with Crippen LogP contribution in [0.25, 0.3) is 5.57 Å². The molecular weight excluding hydrogens is 288 g/mol. The Morgan fingerprint density at radius 3 is 2.55 bits per heavy atom. The van der Waals surface area contributed by atoms with Crippen LogP contribution in [0, 0.1) is 10.1 Å². The molecule has 0 spiro atoms. The summed E-state index contributed by atoms with van der Waals surface area (Å²) >= 11 is 5.55. The highest BCUT2D eigenvalue weighted by molar-refractivity contribution is 6.23. The first-order valence-electron chi connectivity index (χ1n) is 5.40. The Labute approximate surface area is 119 Å². The third kappa shape index (κ3) is 5.07. The van der Waals surface area contributed by atoms with Gasteiger partial charge in [0.1, 0.15) is 0 Å². The predicted molar refractivity (Wildman–Crippen MR) is 71.2 cm³/mol. The summed E-state index contributed by atoms with van der Waals surface area (Å²) in [6.45, 7) is 2.59. The molecule has 0 saturated carbocycles. The van der Waals surface area contributed by atoms with Gasteiger partial charge in [-0.05, 0) is 5.56 Å². The number of nitro groups is 1. The molecule has 0 aliphatic carbocycles. The van der Waals surface area contributed by atoms with Crippen molar-refractivity contribution in [3.8, 4) is 0 Å². The number of rotatable bonds is 6. The Kier molecular flexibility index (Phi) is 5.67. The maximum Gasteiger partial charge on any atom is 0.340 e. The second-order valence-corrected chi connectivity index (χ2v) is 4.02. The molecule has 8 heteroatoms. The van der Waals surface area contributed by atoms with E-state index in [0.717, 1.165) is 0 Å². The van der Waals surface area contributed by atoms with Crippen LogP contribution in [0.2, 0.25) is 0 Å². The maximum absolute atomic E-state index is 11.7. The number of hydrogen-bond donors (Lipinski definition) is 1. The zero-order valence-electron chi connectivity index (χ0n) is 10.2. The van der Waals surface area contributed by atoms with Crippen LogP contribution < -0.4 is 5.32 Å². The number of ether oxygens (including phenoxy) is 1. The first kappa shape index (κ1) is 15.6. The number of hydrogen-bond acceptors (Lipinski definition) is 5. The minimum absolute atomic E-state index is 0.0553. The summed E-state index contributed by atoms with van der Waals surface area (Å²) < 4.78 is 4.69. The molecule has 106 valence electrons. The lowest BCUT2D eigenvalue weighted by Crippen LogP contribution is -2.38. The molecule has 1 aromatic rings. The molecule has 0 fully saturated rings. The van der Waals surface area contributed by atoms with Gasteiger partial charge in [-0.15, -0.1) is 0 Å². The van der Waals surface area contributed by atoms with Crippen LogP contribution in [0.4, 0.5) is 0 Å². The lowest BCUT2D eigenvalue weighted by atomic mass is 10.1. The first-order valence-corrected chi connectivity index (χ1v) is 5.84. The van der Waals surface area contributed by atoms with Crippen molar-refractivity contribution in [1.29, 1.82) is 0 Å². The molecule has 0 saturated heterocycles. The summed E-state index contributed by atoms with van der Waals surface area (Å²) in [6, 6.07) is 8.50. The topological polar surface area (TPSA) is 98.5 Å². The van der Waals surface area contributed by atoms with Gasteiger partial charge in [-0.25, -0.2) is 4.79 Å². The van der Waals surface area contributed by atoms with Crippen LogP contribution >= 0.6 is 11.6 Å². The van der Waals surface area contributed by atoms with E-state index >= 15 is 0 Å². The Morgan fingerprint density at radius 1 is 1.40 bits per heavy atom. The molecule has 0 bridgehead atoms. The fourth-order valence-electron chi connectivity index (χ4n) is 1.24. The second kappa shape index (κ2) is 7.25. The minimum atomic E-state index is -1.50. The van der Waals surface area contributed by atoms with Gasteiger partial charge in [0.2, 0.25) is 0 Å². The molecule has 7 nitrogen and oxygen atoms in total. The lowest BCUT2D eigenvalue weighted by molar-refractivity contribution is -0.467. The van der Waals surface area contributed by atoms with Crippen molar-refractivity contribution < 1.29 is 19.2 Å². The summed E-state index contributed by atoms with van der Waals surface area (Å²) in [4.78, 5) is 32.0. The summed E-state index contributed by atoms with van der Waals surface area (Å²) in [5, 5.41) is 12.0. The molecule has 1 unspecified atom stereocenters. The number of nitrogens with zero attached hydrogens (tertiary/aromatic N) is 1. The smallest absolute Gasteiger partial charge is 0.340 e. The number of alkyl halides is 1. The number of esters is 1. The molecule has 1 N–H and O–H groups in total. The second-order valence-electron chi connectivity index (χ2n) is 3.62. The van der Waals surface area contributed by atoms with Gasteiger partial charge in [0.15, 0.2) is 0 Å². The van der Waals surface area contributed by atoms with Crippen LogP contribution in [-0.4, -0.2) is 29.0 Å². The number of halogens is 1. The van der Waals surface area contributed by atoms with E-state index in [1.807, 2.05) is 5.32 Å². The van der Waals surface area contributed by atoms with E-state index in [1.54, 1.807) is 30.3 Å². The molecule has 0 aliphatic heterocycles.